The molecular weight excluding hydrogens is 757 g/mol. The van der Waals surface area contributed by atoms with Gasteiger partial charge in [-0.2, -0.15) is 0 Å². The fourth-order valence-corrected chi connectivity index (χ4v) is 6.64. The fourth-order valence-electron chi connectivity index (χ4n) is 6.64. The Morgan fingerprint density at radius 1 is 0.344 bits per heavy atom. The lowest BCUT2D eigenvalue weighted by Gasteiger charge is -2.18. The zero-order valence-corrected chi connectivity index (χ0v) is 39.7. The third kappa shape index (κ3) is 47.5. The van der Waals surface area contributed by atoms with E-state index in [-0.39, 0.29) is 37.5 Å². The van der Waals surface area contributed by atoms with Crippen LogP contribution < -0.4 is 0 Å². The highest BCUT2D eigenvalue weighted by Crippen LogP contribution is 2.14. The first-order valence-corrected chi connectivity index (χ1v) is 25.1. The van der Waals surface area contributed by atoms with Crippen molar-refractivity contribution in [2.75, 3.05) is 13.2 Å². The second-order valence-electron chi connectivity index (χ2n) is 16.3. The number of rotatable bonds is 44. The molecule has 0 heterocycles. The van der Waals surface area contributed by atoms with Crippen LogP contribution in [0.15, 0.2) is 85.1 Å². The van der Waals surface area contributed by atoms with E-state index in [1.807, 2.05) is 6.08 Å². The Bertz CT molecular complexity index is 1200. The van der Waals surface area contributed by atoms with E-state index in [4.69, 9.17) is 14.2 Å². The van der Waals surface area contributed by atoms with Gasteiger partial charge < -0.3 is 14.2 Å². The van der Waals surface area contributed by atoms with E-state index in [2.05, 4.69) is 99.8 Å². The van der Waals surface area contributed by atoms with Crippen molar-refractivity contribution >= 4 is 17.9 Å². The molecule has 6 nitrogen and oxygen atoms in total. The van der Waals surface area contributed by atoms with Crippen LogP contribution in [0.25, 0.3) is 0 Å². The smallest absolute Gasteiger partial charge is 0.306 e. The summed E-state index contributed by atoms with van der Waals surface area (Å²) in [7, 11) is 0. The number of carbonyl (C=O) groups excluding carboxylic acids is 3. The molecule has 6 heteroatoms. The van der Waals surface area contributed by atoms with Crippen LogP contribution in [0.1, 0.15) is 226 Å². The molecule has 1 atom stereocenters. The predicted molar refractivity (Wildman–Crippen MR) is 261 cm³/mol. The number of allylic oxidation sites excluding steroid dienone is 14. The van der Waals surface area contributed by atoms with Crippen molar-refractivity contribution in [3.05, 3.63) is 85.1 Å². The second-order valence-corrected chi connectivity index (χ2v) is 16.3. The van der Waals surface area contributed by atoms with Crippen molar-refractivity contribution < 1.29 is 28.6 Å². The molecular formula is C55H92O6. The minimum atomic E-state index is -0.808. The van der Waals surface area contributed by atoms with Crippen LogP contribution in [0, 0.1) is 0 Å². The molecule has 0 aromatic carbocycles. The molecule has 61 heavy (non-hydrogen) atoms. The molecule has 0 aromatic rings. The molecule has 0 aliphatic carbocycles. The predicted octanol–water partition coefficient (Wildman–Crippen LogP) is 16.4. The van der Waals surface area contributed by atoms with Gasteiger partial charge in [0.15, 0.2) is 6.10 Å². The van der Waals surface area contributed by atoms with Crippen molar-refractivity contribution in [3.8, 4) is 0 Å². The molecule has 0 amide bonds. The Labute approximate surface area is 375 Å². The maximum absolute atomic E-state index is 12.8. The molecule has 0 N–H and O–H groups in total. The minimum absolute atomic E-state index is 0.102. The lowest BCUT2D eigenvalue weighted by Crippen LogP contribution is -2.30. The summed E-state index contributed by atoms with van der Waals surface area (Å²) < 4.78 is 16.7. The van der Waals surface area contributed by atoms with E-state index in [9.17, 15) is 14.4 Å². The summed E-state index contributed by atoms with van der Waals surface area (Å²) in [5.41, 5.74) is 0. The first kappa shape index (κ1) is 57.6. The summed E-state index contributed by atoms with van der Waals surface area (Å²) in [5.74, 6) is -1.00. The van der Waals surface area contributed by atoms with Crippen LogP contribution in [-0.4, -0.2) is 37.2 Å². The van der Waals surface area contributed by atoms with Gasteiger partial charge in [0.1, 0.15) is 13.2 Å². The van der Waals surface area contributed by atoms with Crippen molar-refractivity contribution in [2.45, 2.75) is 232 Å². The quantitative estimate of drug-likeness (QED) is 0.0263. The van der Waals surface area contributed by atoms with Gasteiger partial charge in [-0.1, -0.05) is 209 Å². The number of hydrogen-bond donors (Lipinski definition) is 0. The van der Waals surface area contributed by atoms with E-state index in [0.717, 1.165) is 89.9 Å². The first-order valence-electron chi connectivity index (χ1n) is 25.1. The molecule has 348 valence electrons. The van der Waals surface area contributed by atoms with Gasteiger partial charge in [0, 0.05) is 19.3 Å². The highest BCUT2D eigenvalue weighted by Gasteiger charge is 2.19. The normalized spacial score (nSPS) is 12.8. The second kappa shape index (κ2) is 49.2. The van der Waals surface area contributed by atoms with E-state index in [0.29, 0.717) is 19.3 Å². The minimum Gasteiger partial charge on any atom is -0.462 e. The van der Waals surface area contributed by atoms with Crippen LogP contribution >= 0.6 is 0 Å². The molecule has 0 saturated carbocycles. The van der Waals surface area contributed by atoms with Crippen molar-refractivity contribution in [1.82, 2.24) is 0 Å². The number of esters is 3. The van der Waals surface area contributed by atoms with Gasteiger partial charge in [0.05, 0.1) is 0 Å². The summed E-state index contributed by atoms with van der Waals surface area (Å²) in [6.07, 6.45) is 62.9. The third-order valence-electron chi connectivity index (χ3n) is 10.4. The third-order valence-corrected chi connectivity index (χ3v) is 10.4. The van der Waals surface area contributed by atoms with Crippen LogP contribution in [0.2, 0.25) is 0 Å². The maximum atomic E-state index is 12.8. The summed E-state index contributed by atoms with van der Waals surface area (Å²) in [5, 5.41) is 0. The standard InChI is InChI=1S/C55H92O6/c1-4-7-10-13-16-19-22-24-25-26-27-28-29-31-33-36-39-42-45-48-54(57)60-51-52(50-59-53(56)47-44-41-38-35-32-21-18-15-12-9-6-3)61-55(58)49-46-43-40-37-34-30-23-20-17-14-11-8-5-2/h7,10,16,19-20,23-25,27-28,31,33,39,42,52H,4-6,8-9,11-15,17-18,21-22,26,29-30,32,34-38,40-41,43-51H2,1-3H3/b10-7-,19-16-,23-20-,25-24-,28-27-,33-31-,42-39-/t52-/m0/s1. The molecule has 0 unspecified atom stereocenters. The highest BCUT2D eigenvalue weighted by atomic mass is 16.6. The maximum Gasteiger partial charge on any atom is 0.306 e. The molecule has 0 aromatic heterocycles. The molecule has 0 spiro atoms. The van der Waals surface area contributed by atoms with Crippen molar-refractivity contribution in [2.24, 2.45) is 0 Å². The molecule has 0 bridgehead atoms. The summed E-state index contributed by atoms with van der Waals surface area (Å²) >= 11 is 0. The van der Waals surface area contributed by atoms with E-state index in [1.54, 1.807) is 0 Å². The Morgan fingerprint density at radius 2 is 0.672 bits per heavy atom. The van der Waals surface area contributed by atoms with Gasteiger partial charge in [-0.25, -0.2) is 0 Å². The first-order chi connectivity index (χ1) is 30.0. The van der Waals surface area contributed by atoms with E-state index in [1.165, 1.54) is 89.9 Å². The Kier molecular flexibility index (Phi) is 46.5. The number of ether oxygens (including phenoxy) is 3. The summed E-state index contributed by atoms with van der Waals surface area (Å²) in [4.78, 5) is 37.8. The van der Waals surface area contributed by atoms with Crippen molar-refractivity contribution in [1.29, 1.82) is 0 Å². The van der Waals surface area contributed by atoms with Gasteiger partial charge in [-0.05, 0) is 83.5 Å². The monoisotopic (exact) mass is 849 g/mol. The molecule has 0 saturated heterocycles. The number of carbonyl (C=O) groups is 3. The Hall–Kier alpha value is -3.41. The molecule has 0 aliphatic heterocycles. The van der Waals surface area contributed by atoms with Crippen LogP contribution in [0.5, 0.6) is 0 Å². The van der Waals surface area contributed by atoms with Gasteiger partial charge in [0.2, 0.25) is 0 Å². The van der Waals surface area contributed by atoms with E-state index >= 15 is 0 Å². The number of hydrogen-bond acceptors (Lipinski definition) is 6. The van der Waals surface area contributed by atoms with Gasteiger partial charge in [0.25, 0.3) is 0 Å². The zero-order chi connectivity index (χ0) is 44.4. The molecule has 0 rings (SSSR count). The molecule has 0 radical (unpaired) electrons. The molecule has 0 fully saturated rings. The van der Waals surface area contributed by atoms with E-state index < -0.39 is 6.10 Å². The largest absolute Gasteiger partial charge is 0.462 e. The van der Waals surface area contributed by atoms with Crippen LogP contribution in [-0.2, 0) is 28.6 Å². The number of unbranched alkanes of at least 4 members (excludes halogenated alkanes) is 19. The van der Waals surface area contributed by atoms with Crippen LogP contribution in [0.3, 0.4) is 0 Å². The highest BCUT2D eigenvalue weighted by molar-refractivity contribution is 5.71. The summed E-state index contributed by atoms with van der Waals surface area (Å²) in [6.45, 7) is 6.42. The summed E-state index contributed by atoms with van der Waals surface area (Å²) in [6, 6.07) is 0. The Morgan fingerprint density at radius 3 is 1.11 bits per heavy atom. The topological polar surface area (TPSA) is 78.9 Å². The van der Waals surface area contributed by atoms with Gasteiger partial charge in [-0.3, -0.25) is 14.4 Å². The lowest BCUT2D eigenvalue weighted by atomic mass is 10.1. The average Bonchev–Trinajstić information content (AvgIpc) is 3.26. The SMILES string of the molecule is CC/C=C\C/C=C\C/C=C\C/C=C\C/C=C\C/C=C\CCC(=O)OC[C@H](COC(=O)CCCCCCCCCCCCC)OC(=O)CCCCCCC/C=C\CCCCCC. The van der Waals surface area contributed by atoms with Gasteiger partial charge in [-0.15, -0.1) is 0 Å². The Balaban J connectivity index is 4.49. The zero-order valence-electron chi connectivity index (χ0n) is 39.7. The van der Waals surface area contributed by atoms with Gasteiger partial charge >= 0.3 is 17.9 Å². The van der Waals surface area contributed by atoms with Crippen molar-refractivity contribution in [3.63, 3.8) is 0 Å². The molecule has 0 aliphatic rings. The lowest BCUT2D eigenvalue weighted by molar-refractivity contribution is -0.166. The van der Waals surface area contributed by atoms with Crippen LogP contribution in [0.4, 0.5) is 0 Å². The average molecular weight is 849 g/mol. The fraction of sp³-hybridized carbons (Fsp3) is 0.691.